The molecule has 0 aromatic carbocycles. The van der Waals surface area contributed by atoms with Gasteiger partial charge in [0.1, 0.15) is 6.04 Å². The monoisotopic (exact) mass is 290 g/mol. The van der Waals surface area contributed by atoms with Crippen LogP contribution in [0.4, 0.5) is 0 Å². The van der Waals surface area contributed by atoms with Crippen LogP contribution in [0.5, 0.6) is 0 Å². The fourth-order valence-electron chi connectivity index (χ4n) is 1.58. The van der Waals surface area contributed by atoms with Gasteiger partial charge in [0.15, 0.2) is 4.95 Å². The topological polar surface area (TPSA) is 74.8 Å². The van der Waals surface area contributed by atoms with Crippen molar-refractivity contribution in [1.82, 2.24) is 9.80 Å². The number of halogens is 1. The van der Waals surface area contributed by atoms with Crippen LogP contribution in [-0.2, 0) is 19.2 Å². The molecular formula is C9H11BrN2O4. The summed E-state index contributed by atoms with van der Waals surface area (Å²) in [5.41, 5.74) is 0. The van der Waals surface area contributed by atoms with Crippen molar-refractivity contribution < 1.29 is 19.2 Å². The van der Waals surface area contributed by atoms with Crippen LogP contribution >= 0.6 is 15.9 Å². The summed E-state index contributed by atoms with van der Waals surface area (Å²) in [7, 11) is 0. The van der Waals surface area contributed by atoms with Crippen LogP contribution < -0.4 is 0 Å². The minimum atomic E-state index is -1.10. The number of hydrogen-bond donors (Lipinski definition) is 0. The van der Waals surface area contributed by atoms with Crippen molar-refractivity contribution >= 4 is 39.6 Å². The Labute approximate surface area is 101 Å². The second-order valence-electron chi connectivity index (χ2n) is 3.47. The molecule has 1 fully saturated rings. The standard InChI is InChI=1S/C9H11BrN2O4/c1-4-8(15)12(6(3)14)7(10)9(16)11(4)5(2)13/h4,7H,1-3H3. The maximum Gasteiger partial charge on any atom is 0.264 e. The number of alkyl halides is 1. The molecular weight excluding hydrogens is 280 g/mol. The molecule has 1 heterocycles. The van der Waals surface area contributed by atoms with Crippen LogP contribution in [0.1, 0.15) is 20.8 Å². The number of carbonyl (C=O) groups is 4. The van der Waals surface area contributed by atoms with Crippen LogP contribution in [0, 0.1) is 0 Å². The van der Waals surface area contributed by atoms with Gasteiger partial charge < -0.3 is 0 Å². The lowest BCUT2D eigenvalue weighted by Crippen LogP contribution is -2.64. The van der Waals surface area contributed by atoms with E-state index in [0.717, 1.165) is 9.80 Å². The van der Waals surface area contributed by atoms with Gasteiger partial charge in [-0.2, -0.15) is 0 Å². The summed E-state index contributed by atoms with van der Waals surface area (Å²) in [5.74, 6) is -2.22. The van der Waals surface area contributed by atoms with Crippen LogP contribution in [0.3, 0.4) is 0 Å². The summed E-state index contributed by atoms with van der Waals surface area (Å²) in [5, 5.41) is 0. The Morgan fingerprint density at radius 2 is 1.50 bits per heavy atom. The molecule has 2 atom stereocenters. The maximum absolute atomic E-state index is 11.8. The Morgan fingerprint density at radius 1 is 1.06 bits per heavy atom. The lowest BCUT2D eigenvalue weighted by Gasteiger charge is -2.38. The average molecular weight is 291 g/mol. The number of hydrogen-bond acceptors (Lipinski definition) is 4. The molecule has 1 saturated heterocycles. The molecule has 2 unspecified atom stereocenters. The summed E-state index contributed by atoms with van der Waals surface area (Å²) >= 11 is 2.94. The summed E-state index contributed by atoms with van der Waals surface area (Å²) in [6.45, 7) is 3.80. The van der Waals surface area contributed by atoms with E-state index in [-0.39, 0.29) is 0 Å². The number of nitrogens with zero attached hydrogens (tertiary/aromatic N) is 2. The summed E-state index contributed by atoms with van der Waals surface area (Å²) in [4.78, 5) is 46.5. The lowest BCUT2D eigenvalue weighted by molar-refractivity contribution is -0.166. The van der Waals surface area contributed by atoms with Gasteiger partial charge in [-0.05, 0) is 6.92 Å². The largest absolute Gasteiger partial charge is 0.275 e. The Morgan fingerprint density at radius 3 is 1.88 bits per heavy atom. The van der Waals surface area contributed by atoms with Gasteiger partial charge in [-0.1, -0.05) is 15.9 Å². The molecule has 6 nitrogen and oxygen atoms in total. The van der Waals surface area contributed by atoms with Gasteiger partial charge in [-0.15, -0.1) is 0 Å². The number of carbonyl (C=O) groups excluding carboxylic acids is 4. The Balaban J connectivity index is 3.14. The first-order valence-corrected chi connectivity index (χ1v) is 5.52. The van der Waals surface area contributed by atoms with E-state index >= 15 is 0 Å². The molecule has 16 heavy (non-hydrogen) atoms. The molecule has 4 amide bonds. The number of piperazine rings is 1. The highest BCUT2D eigenvalue weighted by Crippen LogP contribution is 2.22. The SMILES string of the molecule is CC(=O)N1C(=O)C(Br)N(C(C)=O)C(=O)C1C. The van der Waals surface area contributed by atoms with Gasteiger partial charge >= 0.3 is 0 Å². The number of rotatable bonds is 0. The molecule has 0 N–H and O–H groups in total. The smallest absolute Gasteiger partial charge is 0.264 e. The number of amides is 4. The highest BCUT2D eigenvalue weighted by atomic mass is 79.9. The third kappa shape index (κ3) is 1.87. The predicted octanol–water partition coefficient (Wildman–Crippen LogP) is -0.140. The minimum absolute atomic E-state index is 0.515. The third-order valence-corrected chi connectivity index (χ3v) is 3.13. The van der Waals surface area contributed by atoms with Gasteiger partial charge in [0, 0.05) is 13.8 Å². The summed E-state index contributed by atoms with van der Waals surface area (Å²) < 4.78 is 0. The maximum atomic E-state index is 11.8. The zero-order valence-corrected chi connectivity index (χ0v) is 10.6. The average Bonchev–Trinajstić information content (AvgIpc) is 2.14. The Bertz CT molecular complexity index is 346. The minimum Gasteiger partial charge on any atom is -0.275 e. The molecule has 0 aromatic rings. The molecule has 0 spiro atoms. The van der Waals surface area contributed by atoms with Crippen LogP contribution in [-0.4, -0.2) is 44.4 Å². The summed E-state index contributed by atoms with van der Waals surface area (Å²) in [6.07, 6.45) is 0. The van der Waals surface area contributed by atoms with Crippen molar-refractivity contribution in [3.05, 3.63) is 0 Å². The molecule has 88 valence electrons. The molecule has 1 aliphatic rings. The van der Waals surface area contributed by atoms with Crippen LogP contribution in [0.2, 0.25) is 0 Å². The van der Waals surface area contributed by atoms with E-state index in [2.05, 4.69) is 15.9 Å². The van der Waals surface area contributed by atoms with Gasteiger partial charge in [0.2, 0.25) is 11.8 Å². The highest BCUT2D eigenvalue weighted by molar-refractivity contribution is 9.10. The van der Waals surface area contributed by atoms with Crippen molar-refractivity contribution in [2.45, 2.75) is 31.8 Å². The molecule has 0 aliphatic carbocycles. The quantitative estimate of drug-likeness (QED) is 0.460. The third-order valence-electron chi connectivity index (χ3n) is 2.33. The molecule has 7 heteroatoms. The highest BCUT2D eigenvalue weighted by Gasteiger charge is 2.46. The molecule has 0 aromatic heterocycles. The van der Waals surface area contributed by atoms with Crippen molar-refractivity contribution in [3.8, 4) is 0 Å². The van der Waals surface area contributed by atoms with E-state index in [0.29, 0.717) is 0 Å². The summed E-state index contributed by atoms with van der Waals surface area (Å²) in [6, 6.07) is -0.942. The zero-order valence-electron chi connectivity index (χ0n) is 9.06. The molecule has 0 saturated carbocycles. The van der Waals surface area contributed by atoms with Crippen LogP contribution in [0.25, 0.3) is 0 Å². The second kappa shape index (κ2) is 4.32. The Kier molecular flexibility index (Phi) is 3.47. The van der Waals surface area contributed by atoms with E-state index in [4.69, 9.17) is 0 Å². The van der Waals surface area contributed by atoms with E-state index in [1.807, 2.05) is 0 Å². The fraction of sp³-hybridized carbons (Fsp3) is 0.556. The van der Waals surface area contributed by atoms with E-state index in [1.54, 1.807) is 0 Å². The van der Waals surface area contributed by atoms with Crippen molar-refractivity contribution in [1.29, 1.82) is 0 Å². The van der Waals surface area contributed by atoms with Crippen LogP contribution in [0.15, 0.2) is 0 Å². The Hall–Kier alpha value is -1.24. The molecule has 1 rings (SSSR count). The lowest BCUT2D eigenvalue weighted by atomic mass is 10.1. The van der Waals surface area contributed by atoms with E-state index < -0.39 is 34.6 Å². The van der Waals surface area contributed by atoms with Gasteiger partial charge in [0.05, 0.1) is 0 Å². The zero-order chi connectivity index (χ0) is 12.6. The number of imide groups is 2. The normalized spacial score (nSPS) is 26.0. The first-order valence-electron chi connectivity index (χ1n) is 4.60. The second-order valence-corrected chi connectivity index (χ2v) is 4.33. The van der Waals surface area contributed by atoms with Crippen molar-refractivity contribution in [2.75, 3.05) is 0 Å². The van der Waals surface area contributed by atoms with E-state index in [9.17, 15) is 19.2 Å². The van der Waals surface area contributed by atoms with Gasteiger partial charge in [0.25, 0.3) is 11.8 Å². The molecule has 0 bridgehead atoms. The molecule has 1 aliphatic heterocycles. The van der Waals surface area contributed by atoms with Gasteiger partial charge in [-0.3, -0.25) is 29.0 Å². The fourth-order valence-corrected chi connectivity index (χ4v) is 2.29. The van der Waals surface area contributed by atoms with Crippen molar-refractivity contribution in [3.63, 3.8) is 0 Å². The van der Waals surface area contributed by atoms with Gasteiger partial charge in [-0.25, -0.2) is 0 Å². The first-order chi connectivity index (χ1) is 7.29. The first kappa shape index (κ1) is 12.8. The predicted molar refractivity (Wildman–Crippen MR) is 57.2 cm³/mol. The van der Waals surface area contributed by atoms with E-state index in [1.165, 1.54) is 20.8 Å². The molecule has 0 radical (unpaired) electrons. The van der Waals surface area contributed by atoms with Crippen molar-refractivity contribution in [2.24, 2.45) is 0 Å².